The van der Waals surface area contributed by atoms with E-state index >= 15 is 0 Å². The summed E-state index contributed by atoms with van der Waals surface area (Å²) in [5.74, 6) is 0.584. The zero-order valence-corrected chi connectivity index (χ0v) is 17.8. The van der Waals surface area contributed by atoms with Crippen LogP contribution in [0.2, 0.25) is 0 Å². The maximum absolute atomic E-state index is 12.7. The fourth-order valence-electron chi connectivity index (χ4n) is 3.55. The lowest BCUT2D eigenvalue weighted by atomic mass is 9.93. The molecule has 7 heteroatoms. The number of amides is 2. The molecule has 4 rings (SSSR count). The largest absolute Gasteiger partial charge is 0.455 e. The van der Waals surface area contributed by atoms with Gasteiger partial charge in [0.2, 0.25) is 0 Å². The number of fused-ring (bicyclic) bond motifs is 1. The maximum Gasteiger partial charge on any atom is 0.287 e. The highest BCUT2D eigenvalue weighted by molar-refractivity contribution is 7.12. The number of benzene rings is 1. The second-order valence-electron chi connectivity index (χ2n) is 7.35. The van der Waals surface area contributed by atoms with Crippen LogP contribution >= 0.6 is 11.3 Å². The highest BCUT2D eigenvalue weighted by atomic mass is 32.1. The molecule has 2 amide bonds. The van der Waals surface area contributed by atoms with Crippen molar-refractivity contribution >= 4 is 28.9 Å². The first-order valence-corrected chi connectivity index (χ1v) is 10.8. The van der Waals surface area contributed by atoms with E-state index in [9.17, 15) is 9.59 Å². The number of carbonyl (C=O) groups is 2. The van der Waals surface area contributed by atoms with E-state index in [0.29, 0.717) is 17.2 Å². The van der Waals surface area contributed by atoms with Crippen LogP contribution < -0.4 is 10.7 Å². The van der Waals surface area contributed by atoms with E-state index in [1.807, 2.05) is 49.6 Å². The molecule has 1 aromatic carbocycles. The molecular weight excluding hydrogens is 398 g/mol. The van der Waals surface area contributed by atoms with Gasteiger partial charge in [-0.25, -0.2) is 5.43 Å². The summed E-state index contributed by atoms with van der Waals surface area (Å²) in [6.07, 6.45) is 2.33. The summed E-state index contributed by atoms with van der Waals surface area (Å²) in [4.78, 5) is 25.5. The van der Waals surface area contributed by atoms with Crippen molar-refractivity contribution in [1.29, 1.82) is 0 Å². The molecule has 0 aliphatic heterocycles. The van der Waals surface area contributed by atoms with Gasteiger partial charge in [0.1, 0.15) is 5.76 Å². The van der Waals surface area contributed by atoms with Gasteiger partial charge in [-0.2, -0.15) is 5.10 Å². The van der Waals surface area contributed by atoms with Crippen molar-refractivity contribution < 1.29 is 14.0 Å². The monoisotopic (exact) mass is 421 g/mol. The second-order valence-corrected chi connectivity index (χ2v) is 8.30. The summed E-state index contributed by atoms with van der Waals surface area (Å²) in [6, 6.07) is 11.6. The number of furan rings is 1. The molecule has 0 fully saturated rings. The second kappa shape index (κ2) is 8.67. The molecular formula is C23H23N3O3S. The average Bonchev–Trinajstić information content (AvgIpc) is 3.40. The molecule has 1 aliphatic carbocycles. The van der Waals surface area contributed by atoms with E-state index in [4.69, 9.17) is 4.42 Å². The van der Waals surface area contributed by atoms with Gasteiger partial charge in [-0.15, -0.1) is 11.3 Å². The van der Waals surface area contributed by atoms with Gasteiger partial charge in [0.05, 0.1) is 10.6 Å². The number of thiophene rings is 1. The third-order valence-corrected chi connectivity index (χ3v) is 6.01. The molecule has 0 unspecified atom stereocenters. The first-order chi connectivity index (χ1) is 14.5. The number of rotatable bonds is 5. The fraction of sp³-hybridized carbons (Fsp3) is 0.261. The highest BCUT2D eigenvalue weighted by Gasteiger charge is 2.28. The number of carbonyl (C=O) groups excluding carboxylic acids is 2. The molecule has 1 aliphatic rings. The van der Waals surface area contributed by atoms with Gasteiger partial charge in [-0.3, -0.25) is 9.59 Å². The quantitative estimate of drug-likeness (QED) is 0.601. The number of hydrazone groups is 1. The number of aryl methyl sites for hydroxylation is 2. The van der Waals surface area contributed by atoms with Crippen LogP contribution in [0.5, 0.6) is 0 Å². The molecule has 0 bridgehead atoms. The molecule has 2 heterocycles. The number of hydrogen-bond donors (Lipinski definition) is 2. The Hall–Kier alpha value is -3.19. The van der Waals surface area contributed by atoms with Crippen molar-refractivity contribution in [1.82, 2.24) is 10.7 Å². The third-order valence-electron chi connectivity index (χ3n) is 5.14. The normalized spacial score (nSPS) is 14.4. The minimum atomic E-state index is -0.246. The molecule has 154 valence electrons. The summed E-state index contributed by atoms with van der Waals surface area (Å²) in [6.45, 7) is 4.33. The summed E-state index contributed by atoms with van der Waals surface area (Å²) in [5.41, 5.74) is 7.19. The van der Waals surface area contributed by atoms with Crippen molar-refractivity contribution in [3.63, 3.8) is 0 Å². The minimum absolute atomic E-state index is 0.234. The highest BCUT2D eigenvalue weighted by Crippen LogP contribution is 2.30. The van der Waals surface area contributed by atoms with Gasteiger partial charge < -0.3 is 9.73 Å². The zero-order chi connectivity index (χ0) is 21.1. The summed E-state index contributed by atoms with van der Waals surface area (Å²) >= 11 is 1.37. The van der Waals surface area contributed by atoms with Gasteiger partial charge >= 0.3 is 0 Å². The predicted octanol–water partition coefficient (Wildman–Crippen LogP) is 4.36. The average molecular weight is 422 g/mol. The van der Waals surface area contributed by atoms with Crippen LogP contribution in [0.1, 0.15) is 61.1 Å². The van der Waals surface area contributed by atoms with Gasteiger partial charge in [0.25, 0.3) is 11.8 Å². The van der Waals surface area contributed by atoms with Crippen LogP contribution in [0.15, 0.2) is 51.3 Å². The molecule has 3 aromatic rings. The van der Waals surface area contributed by atoms with Crippen LogP contribution in [0.3, 0.4) is 0 Å². The molecule has 0 radical (unpaired) electrons. The first-order valence-electron chi connectivity index (χ1n) is 9.89. The topological polar surface area (TPSA) is 83.7 Å². The van der Waals surface area contributed by atoms with Crippen molar-refractivity contribution in [2.75, 3.05) is 0 Å². The first kappa shape index (κ1) is 20.1. The Labute approximate surface area is 179 Å². The Morgan fingerprint density at radius 3 is 2.63 bits per heavy atom. The fourth-order valence-corrected chi connectivity index (χ4v) is 4.16. The number of nitrogens with one attached hydrogen (secondary N) is 2. The van der Waals surface area contributed by atoms with Gasteiger partial charge in [0.15, 0.2) is 5.76 Å². The Morgan fingerprint density at radius 2 is 1.90 bits per heavy atom. The molecule has 2 aromatic heterocycles. The van der Waals surface area contributed by atoms with Crippen LogP contribution in [0.4, 0.5) is 0 Å². The predicted molar refractivity (Wildman–Crippen MR) is 117 cm³/mol. The SMILES string of the molecule is Cc1ccc(CNC(=O)c2oc3c(c2C)/C(=N/NC(=O)c2cccs2)CCC3)cc1. The lowest BCUT2D eigenvalue weighted by Gasteiger charge is -2.13. The van der Waals surface area contributed by atoms with Crippen molar-refractivity contribution in [2.24, 2.45) is 5.10 Å². The van der Waals surface area contributed by atoms with E-state index in [0.717, 1.165) is 47.4 Å². The van der Waals surface area contributed by atoms with Gasteiger partial charge in [-0.05, 0) is 43.7 Å². The molecule has 0 atom stereocenters. The van der Waals surface area contributed by atoms with E-state index in [-0.39, 0.29) is 11.8 Å². The Kier molecular flexibility index (Phi) is 5.81. The van der Waals surface area contributed by atoms with Crippen LogP contribution in [0.25, 0.3) is 0 Å². The van der Waals surface area contributed by atoms with Gasteiger partial charge in [-0.1, -0.05) is 35.9 Å². The molecule has 0 saturated carbocycles. The molecule has 0 spiro atoms. The Morgan fingerprint density at radius 1 is 1.10 bits per heavy atom. The van der Waals surface area contributed by atoms with Crippen LogP contribution in [0, 0.1) is 13.8 Å². The summed E-state index contributed by atoms with van der Waals surface area (Å²) in [7, 11) is 0. The van der Waals surface area contributed by atoms with Crippen LogP contribution in [-0.4, -0.2) is 17.5 Å². The van der Waals surface area contributed by atoms with E-state index in [2.05, 4.69) is 15.8 Å². The van der Waals surface area contributed by atoms with Crippen molar-refractivity contribution in [3.05, 3.63) is 80.4 Å². The molecule has 6 nitrogen and oxygen atoms in total. The molecule has 2 N–H and O–H groups in total. The molecule has 0 saturated heterocycles. The van der Waals surface area contributed by atoms with E-state index in [1.165, 1.54) is 16.9 Å². The smallest absolute Gasteiger partial charge is 0.287 e. The number of hydrogen-bond acceptors (Lipinski definition) is 5. The van der Waals surface area contributed by atoms with Crippen LogP contribution in [-0.2, 0) is 13.0 Å². The Balaban J connectivity index is 1.50. The van der Waals surface area contributed by atoms with Gasteiger partial charge in [0, 0.05) is 24.1 Å². The molecule has 30 heavy (non-hydrogen) atoms. The lowest BCUT2D eigenvalue weighted by Crippen LogP contribution is -2.23. The standard InChI is InChI=1S/C23H23N3O3S/c1-14-8-10-16(11-9-14)13-24-23(28)21-15(2)20-17(5-3-6-18(20)29-21)25-26-22(27)19-7-4-12-30-19/h4,7-12H,3,5-6,13H2,1-2H3,(H,24,28)(H,26,27)/b25-17+. The third kappa shape index (κ3) is 4.21. The zero-order valence-electron chi connectivity index (χ0n) is 17.0. The lowest BCUT2D eigenvalue weighted by molar-refractivity contribution is 0.0919. The van der Waals surface area contributed by atoms with E-state index in [1.54, 1.807) is 6.07 Å². The van der Waals surface area contributed by atoms with Crippen molar-refractivity contribution in [2.45, 2.75) is 39.7 Å². The summed E-state index contributed by atoms with van der Waals surface area (Å²) in [5, 5.41) is 9.12. The van der Waals surface area contributed by atoms with E-state index < -0.39 is 0 Å². The van der Waals surface area contributed by atoms with Crippen molar-refractivity contribution in [3.8, 4) is 0 Å². The Bertz CT molecular complexity index is 1100. The minimum Gasteiger partial charge on any atom is -0.455 e. The number of nitrogens with zero attached hydrogens (tertiary/aromatic N) is 1. The summed E-state index contributed by atoms with van der Waals surface area (Å²) < 4.78 is 5.91. The maximum atomic E-state index is 12.7.